The van der Waals surface area contributed by atoms with Gasteiger partial charge in [0.1, 0.15) is 6.10 Å². The number of hydrogen-bond donors (Lipinski definition) is 0. The molecule has 1 aromatic heterocycles. The van der Waals surface area contributed by atoms with Crippen LogP contribution in [0.15, 0.2) is 18.3 Å². The van der Waals surface area contributed by atoms with Gasteiger partial charge in [-0.05, 0) is 19.1 Å². The molecule has 0 saturated heterocycles. The third-order valence-corrected chi connectivity index (χ3v) is 1.74. The molecule has 1 rings (SSSR count). The molecule has 0 bridgehead atoms. The zero-order chi connectivity index (χ0) is 9.84. The molecule has 1 heterocycles. The van der Waals surface area contributed by atoms with E-state index in [0.29, 0.717) is 10.7 Å². The summed E-state index contributed by atoms with van der Waals surface area (Å²) in [5.41, 5.74) is 0.655. The Morgan fingerprint density at radius 3 is 2.92 bits per heavy atom. The molecule has 70 valence electrons. The molecular formula is C9H10ClNO2. The van der Waals surface area contributed by atoms with Gasteiger partial charge in [0.15, 0.2) is 0 Å². The Bertz CT molecular complexity index is 314. The first-order valence-corrected chi connectivity index (χ1v) is 4.26. The van der Waals surface area contributed by atoms with E-state index in [1.807, 2.05) is 0 Å². The van der Waals surface area contributed by atoms with E-state index in [0.717, 1.165) is 0 Å². The minimum absolute atomic E-state index is 0.325. The second kappa shape index (κ2) is 4.23. The number of halogens is 1. The van der Waals surface area contributed by atoms with E-state index < -0.39 is 0 Å². The lowest BCUT2D eigenvalue weighted by Gasteiger charge is -2.10. The van der Waals surface area contributed by atoms with Crippen molar-refractivity contribution >= 4 is 17.6 Å². The molecule has 0 N–H and O–H groups in total. The van der Waals surface area contributed by atoms with Gasteiger partial charge < -0.3 is 4.74 Å². The molecule has 0 saturated carbocycles. The van der Waals surface area contributed by atoms with Gasteiger partial charge in [0.05, 0.1) is 5.69 Å². The summed E-state index contributed by atoms with van der Waals surface area (Å²) in [5, 5.41) is 0.587. The molecule has 13 heavy (non-hydrogen) atoms. The quantitative estimate of drug-likeness (QED) is 0.687. The Labute approximate surface area is 81.7 Å². The normalized spacial score (nSPS) is 12.2. The van der Waals surface area contributed by atoms with Crippen LogP contribution in [0.5, 0.6) is 0 Å². The predicted octanol–water partition coefficient (Wildman–Crippen LogP) is 2.36. The summed E-state index contributed by atoms with van der Waals surface area (Å²) in [5.74, 6) is -0.325. The predicted molar refractivity (Wildman–Crippen MR) is 49.4 cm³/mol. The first kappa shape index (κ1) is 9.99. The van der Waals surface area contributed by atoms with Crippen molar-refractivity contribution in [2.75, 3.05) is 0 Å². The second-order valence-electron chi connectivity index (χ2n) is 2.65. The monoisotopic (exact) mass is 199 g/mol. The molecule has 4 heteroatoms. The van der Waals surface area contributed by atoms with E-state index in [9.17, 15) is 4.79 Å². The highest BCUT2D eigenvalue weighted by molar-refractivity contribution is 6.30. The molecule has 0 aliphatic rings. The summed E-state index contributed by atoms with van der Waals surface area (Å²) in [6, 6.07) is 3.35. The molecule has 3 nitrogen and oxygen atoms in total. The van der Waals surface area contributed by atoms with Crippen molar-refractivity contribution in [3.63, 3.8) is 0 Å². The number of esters is 1. The van der Waals surface area contributed by atoms with Crippen LogP contribution in [0.2, 0.25) is 5.02 Å². The molecule has 1 aromatic rings. The van der Waals surface area contributed by atoms with Gasteiger partial charge in [-0.2, -0.15) is 0 Å². The average molecular weight is 200 g/mol. The third kappa shape index (κ3) is 3.03. The van der Waals surface area contributed by atoms with Crippen LogP contribution in [-0.4, -0.2) is 11.0 Å². The van der Waals surface area contributed by atoms with Gasteiger partial charge in [0.2, 0.25) is 0 Å². The lowest BCUT2D eigenvalue weighted by molar-refractivity contribution is -0.145. The van der Waals surface area contributed by atoms with E-state index in [-0.39, 0.29) is 12.1 Å². The highest BCUT2D eigenvalue weighted by atomic mass is 35.5. The maximum atomic E-state index is 10.6. The molecule has 0 amide bonds. The molecule has 0 spiro atoms. The number of carbonyl (C=O) groups excluding carboxylic acids is 1. The first-order chi connectivity index (χ1) is 6.09. The fourth-order valence-corrected chi connectivity index (χ4v) is 1.12. The molecular weight excluding hydrogens is 190 g/mol. The van der Waals surface area contributed by atoms with Crippen LogP contribution in [0.1, 0.15) is 25.6 Å². The van der Waals surface area contributed by atoms with Crippen LogP contribution in [0.3, 0.4) is 0 Å². The van der Waals surface area contributed by atoms with E-state index in [2.05, 4.69) is 4.98 Å². The van der Waals surface area contributed by atoms with Crippen molar-refractivity contribution in [2.24, 2.45) is 0 Å². The largest absolute Gasteiger partial charge is 0.456 e. The lowest BCUT2D eigenvalue weighted by Crippen LogP contribution is -2.06. The number of carbonyl (C=O) groups is 1. The third-order valence-electron chi connectivity index (χ3n) is 1.50. The van der Waals surface area contributed by atoms with Gasteiger partial charge in [-0.1, -0.05) is 11.6 Å². The number of hydrogen-bond acceptors (Lipinski definition) is 3. The van der Waals surface area contributed by atoms with E-state index in [4.69, 9.17) is 16.3 Å². The zero-order valence-corrected chi connectivity index (χ0v) is 8.21. The number of aromatic nitrogens is 1. The van der Waals surface area contributed by atoms with E-state index >= 15 is 0 Å². The molecule has 0 aromatic carbocycles. The summed E-state index contributed by atoms with van der Waals surface area (Å²) < 4.78 is 4.93. The van der Waals surface area contributed by atoms with Crippen LogP contribution in [0.25, 0.3) is 0 Å². The van der Waals surface area contributed by atoms with Crippen molar-refractivity contribution in [1.82, 2.24) is 4.98 Å². The van der Waals surface area contributed by atoms with Gasteiger partial charge >= 0.3 is 5.97 Å². The SMILES string of the molecule is CC(=O)O[C@H](C)c1cc(Cl)ccn1. The first-order valence-electron chi connectivity index (χ1n) is 3.88. The highest BCUT2D eigenvalue weighted by Crippen LogP contribution is 2.17. The summed E-state index contributed by atoms with van der Waals surface area (Å²) in [6.07, 6.45) is 1.23. The number of rotatable bonds is 2. The molecule has 0 fully saturated rings. The number of pyridine rings is 1. The average Bonchev–Trinajstić information content (AvgIpc) is 2.03. The molecule has 0 unspecified atom stereocenters. The smallest absolute Gasteiger partial charge is 0.303 e. The minimum atomic E-state index is -0.351. The van der Waals surface area contributed by atoms with Crippen LogP contribution in [-0.2, 0) is 9.53 Å². The van der Waals surface area contributed by atoms with Crippen LogP contribution < -0.4 is 0 Å². The van der Waals surface area contributed by atoms with Crippen molar-refractivity contribution < 1.29 is 9.53 Å². The summed E-state index contributed by atoms with van der Waals surface area (Å²) >= 11 is 5.74. The summed E-state index contributed by atoms with van der Waals surface area (Å²) in [6.45, 7) is 3.11. The van der Waals surface area contributed by atoms with Gasteiger partial charge in [0.25, 0.3) is 0 Å². The molecule has 0 aliphatic heterocycles. The van der Waals surface area contributed by atoms with Crippen molar-refractivity contribution in [2.45, 2.75) is 20.0 Å². The Morgan fingerprint density at radius 2 is 2.38 bits per heavy atom. The Kier molecular flexibility index (Phi) is 3.25. The molecule has 0 radical (unpaired) electrons. The van der Waals surface area contributed by atoms with Gasteiger partial charge in [-0.15, -0.1) is 0 Å². The lowest BCUT2D eigenvalue weighted by atomic mass is 10.2. The standard InChI is InChI=1S/C9H10ClNO2/c1-6(13-7(2)12)9-5-8(10)3-4-11-9/h3-6H,1-2H3/t6-/m1/s1. The number of ether oxygens (including phenoxy) is 1. The maximum Gasteiger partial charge on any atom is 0.303 e. The topological polar surface area (TPSA) is 39.2 Å². The van der Waals surface area contributed by atoms with Gasteiger partial charge in [-0.25, -0.2) is 0 Å². The summed E-state index contributed by atoms with van der Waals surface area (Å²) in [4.78, 5) is 14.7. The van der Waals surface area contributed by atoms with Crippen LogP contribution in [0, 0.1) is 0 Å². The fourth-order valence-electron chi connectivity index (χ4n) is 0.953. The van der Waals surface area contributed by atoms with Gasteiger partial charge in [-0.3, -0.25) is 9.78 Å². The van der Waals surface area contributed by atoms with Crippen molar-refractivity contribution in [1.29, 1.82) is 0 Å². The Balaban J connectivity index is 2.76. The van der Waals surface area contributed by atoms with Crippen LogP contribution in [0.4, 0.5) is 0 Å². The van der Waals surface area contributed by atoms with Crippen molar-refractivity contribution in [3.8, 4) is 0 Å². The van der Waals surface area contributed by atoms with E-state index in [1.165, 1.54) is 6.92 Å². The van der Waals surface area contributed by atoms with Crippen molar-refractivity contribution in [3.05, 3.63) is 29.0 Å². The fraction of sp³-hybridized carbons (Fsp3) is 0.333. The van der Waals surface area contributed by atoms with Crippen LogP contribution >= 0.6 is 11.6 Å². The van der Waals surface area contributed by atoms with E-state index in [1.54, 1.807) is 25.3 Å². The number of nitrogens with zero attached hydrogens (tertiary/aromatic N) is 1. The minimum Gasteiger partial charge on any atom is -0.456 e. The zero-order valence-electron chi connectivity index (χ0n) is 7.45. The Hall–Kier alpha value is -1.09. The Morgan fingerprint density at radius 1 is 1.69 bits per heavy atom. The van der Waals surface area contributed by atoms with Gasteiger partial charge in [0, 0.05) is 18.1 Å². The maximum absolute atomic E-state index is 10.6. The molecule has 0 aliphatic carbocycles. The second-order valence-corrected chi connectivity index (χ2v) is 3.09. The highest BCUT2D eigenvalue weighted by Gasteiger charge is 2.09. The summed E-state index contributed by atoms with van der Waals surface area (Å²) in [7, 11) is 0. The molecule has 1 atom stereocenters.